The molecule has 0 radical (unpaired) electrons. The summed E-state index contributed by atoms with van der Waals surface area (Å²) in [6.07, 6.45) is 4.70. The van der Waals surface area contributed by atoms with Gasteiger partial charge in [0, 0.05) is 12.3 Å². The number of benzene rings is 2. The number of aryl methyl sites for hydroxylation is 3. The Morgan fingerprint density at radius 2 is 1.43 bits per heavy atom. The van der Waals surface area contributed by atoms with Crippen LogP contribution in [0.25, 0.3) is 0 Å². The van der Waals surface area contributed by atoms with E-state index in [0.29, 0.717) is 44.1 Å². The Labute approximate surface area is 177 Å². The molecule has 2 aromatic rings. The molecule has 1 aliphatic carbocycles. The van der Waals surface area contributed by atoms with Gasteiger partial charge in [0.05, 0.1) is 0 Å². The molecule has 2 atom stereocenters. The average molecular weight is 421 g/mol. The summed E-state index contributed by atoms with van der Waals surface area (Å²) in [6, 6.07) is 11.3. The molecule has 30 heavy (non-hydrogen) atoms. The van der Waals surface area contributed by atoms with Crippen LogP contribution in [-0.4, -0.2) is 5.92 Å². The van der Waals surface area contributed by atoms with Crippen molar-refractivity contribution in [3.63, 3.8) is 0 Å². The highest BCUT2D eigenvalue weighted by atomic mass is 19.3. The third kappa shape index (κ3) is 5.25. The fraction of sp³-hybridized carbons (Fsp3) is 0.538. The van der Waals surface area contributed by atoms with E-state index in [0.717, 1.165) is 18.4 Å². The highest BCUT2D eigenvalue weighted by Gasteiger charge is 2.45. The van der Waals surface area contributed by atoms with Crippen molar-refractivity contribution in [3.05, 3.63) is 70.3 Å². The van der Waals surface area contributed by atoms with Crippen molar-refractivity contribution >= 4 is 0 Å². The summed E-state index contributed by atoms with van der Waals surface area (Å²) in [5, 5.41) is 0. The quantitative estimate of drug-likeness (QED) is 0.379. The maximum Gasteiger partial charge on any atom is 0.251 e. The van der Waals surface area contributed by atoms with Crippen molar-refractivity contribution < 1.29 is 17.6 Å². The lowest BCUT2D eigenvalue weighted by Crippen LogP contribution is -2.35. The van der Waals surface area contributed by atoms with Gasteiger partial charge in [-0.25, -0.2) is 17.6 Å². The summed E-state index contributed by atoms with van der Waals surface area (Å²) >= 11 is 0. The van der Waals surface area contributed by atoms with Crippen LogP contribution >= 0.6 is 0 Å². The smallest absolute Gasteiger partial charge is 0.207 e. The van der Waals surface area contributed by atoms with Gasteiger partial charge in [-0.3, -0.25) is 0 Å². The van der Waals surface area contributed by atoms with E-state index in [4.69, 9.17) is 0 Å². The summed E-state index contributed by atoms with van der Waals surface area (Å²) in [5.74, 6) is -6.01. The Kier molecular flexibility index (Phi) is 7.60. The van der Waals surface area contributed by atoms with Crippen molar-refractivity contribution in [3.8, 4) is 0 Å². The highest BCUT2D eigenvalue weighted by molar-refractivity contribution is 5.30. The molecule has 0 nitrogen and oxygen atoms in total. The summed E-state index contributed by atoms with van der Waals surface area (Å²) in [4.78, 5) is 0. The van der Waals surface area contributed by atoms with Crippen LogP contribution in [0.3, 0.4) is 0 Å². The standard InChI is InChI=1S/C26H32F4/c1-3-5-18-7-9-19(10-8-18)11-14-22-15-12-21(17-26(22,29)30)23-16-13-20(6-4-2)24(27)25(23)28/h7-10,13,16,21-22H,3-6,11-12,14-15,17H2,1-2H3. The first kappa shape index (κ1) is 22.8. The predicted molar refractivity (Wildman–Crippen MR) is 114 cm³/mol. The molecule has 1 fully saturated rings. The fourth-order valence-electron chi connectivity index (χ4n) is 4.72. The second-order valence-corrected chi connectivity index (χ2v) is 8.73. The van der Waals surface area contributed by atoms with Gasteiger partial charge in [0.2, 0.25) is 0 Å². The predicted octanol–water partition coefficient (Wildman–Crippen LogP) is 8.02. The van der Waals surface area contributed by atoms with E-state index in [1.54, 1.807) is 6.07 Å². The third-order valence-electron chi connectivity index (χ3n) is 6.47. The summed E-state index contributed by atoms with van der Waals surface area (Å²) in [6.45, 7) is 4.03. The number of rotatable bonds is 8. The van der Waals surface area contributed by atoms with E-state index < -0.39 is 35.8 Å². The topological polar surface area (TPSA) is 0 Å². The monoisotopic (exact) mass is 420 g/mol. The zero-order valence-electron chi connectivity index (χ0n) is 18.0. The van der Waals surface area contributed by atoms with Crippen LogP contribution in [0.4, 0.5) is 17.6 Å². The van der Waals surface area contributed by atoms with Gasteiger partial charge in [-0.2, -0.15) is 0 Å². The highest BCUT2D eigenvalue weighted by Crippen LogP contribution is 2.47. The van der Waals surface area contributed by atoms with Crippen LogP contribution in [0, 0.1) is 17.6 Å². The van der Waals surface area contributed by atoms with Crippen molar-refractivity contribution in [1.29, 1.82) is 0 Å². The maximum atomic E-state index is 14.9. The molecule has 3 rings (SSSR count). The molecular formula is C26H32F4. The molecule has 1 aliphatic rings. The van der Waals surface area contributed by atoms with Gasteiger partial charge in [0.1, 0.15) is 0 Å². The van der Waals surface area contributed by atoms with Crippen molar-refractivity contribution in [2.75, 3.05) is 0 Å². The molecule has 0 saturated heterocycles. The molecule has 2 unspecified atom stereocenters. The van der Waals surface area contributed by atoms with Crippen LogP contribution in [0.2, 0.25) is 0 Å². The molecule has 0 aromatic heterocycles. The molecular weight excluding hydrogens is 388 g/mol. The number of hydrogen-bond donors (Lipinski definition) is 0. The Hall–Kier alpha value is -1.84. The molecule has 1 saturated carbocycles. The first-order valence-corrected chi connectivity index (χ1v) is 11.3. The van der Waals surface area contributed by atoms with Gasteiger partial charge >= 0.3 is 0 Å². The molecule has 0 bridgehead atoms. The molecule has 0 N–H and O–H groups in total. The number of alkyl halides is 2. The second kappa shape index (κ2) is 9.98. The molecule has 164 valence electrons. The lowest BCUT2D eigenvalue weighted by molar-refractivity contribution is -0.0944. The lowest BCUT2D eigenvalue weighted by atomic mass is 9.74. The first-order chi connectivity index (χ1) is 14.4. The van der Waals surface area contributed by atoms with Crippen molar-refractivity contribution in [1.82, 2.24) is 0 Å². The summed E-state index contributed by atoms with van der Waals surface area (Å²) in [7, 11) is 0. The van der Waals surface area contributed by atoms with E-state index in [9.17, 15) is 17.6 Å². The zero-order valence-corrected chi connectivity index (χ0v) is 18.0. The van der Waals surface area contributed by atoms with Crippen LogP contribution in [0.5, 0.6) is 0 Å². The number of hydrogen-bond acceptors (Lipinski definition) is 0. The maximum absolute atomic E-state index is 14.9. The van der Waals surface area contributed by atoms with E-state index >= 15 is 0 Å². The molecule has 0 aliphatic heterocycles. The lowest BCUT2D eigenvalue weighted by Gasteiger charge is -2.36. The largest absolute Gasteiger partial charge is 0.251 e. The van der Waals surface area contributed by atoms with Crippen LogP contribution in [0.15, 0.2) is 36.4 Å². The van der Waals surface area contributed by atoms with E-state index in [-0.39, 0.29) is 5.56 Å². The van der Waals surface area contributed by atoms with Crippen molar-refractivity contribution in [2.45, 2.75) is 83.5 Å². The molecule has 4 heteroatoms. The average Bonchev–Trinajstić information content (AvgIpc) is 2.71. The molecule has 0 spiro atoms. The molecule has 0 amide bonds. The second-order valence-electron chi connectivity index (χ2n) is 8.73. The van der Waals surface area contributed by atoms with Crippen molar-refractivity contribution in [2.24, 2.45) is 5.92 Å². The van der Waals surface area contributed by atoms with Gasteiger partial charge < -0.3 is 0 Å². The number of halogens is 4. The minimum Gasteiger partial charge on any atom is -0.207 e. The Balaban J connectivity index is 1.63. The van der Waals surface area contributed by atoms with E-state index in [1.165, 1.54) is 11.6 Å². The Morgan fingerprint density at radius 1 is 0.800 bits per heavy atom. The van der Waals surface area contributed by atoms with Gasteiger partial charge in [-0.05, 0) is 66.7 Å². The SMILES string of the molecule is CCCc1ccc(CCC2CCC(c3ccc(CCC)c(F)c3F)CC2(F)F)cc1. The summed E-state index contributed by atoms with van der Waals surface area (Å²) < 4.78 is 58.6. The zero-order chi connectivity index (χ0) is 21.7. The van der Waals surface area contributed by atoms with Crippen LogP contribution in [0.1, 0.15) is 80.5 Å². The van der Waals surface area contributed by atoms with Gasteiger partial charge in [0.15, 0.2) is 11.6 Å². The first-order valence-electron chi connectivity index (χ1n) is 11.3. The van der Waals surface area contributed by atoms with Crippen LogP contribution < -0.4 is 0 Å². The third-order valence-corrected chi connectivity index (χ3v) is 6.47. The Morgan fingerprint density at radius 3 is 2.03 bits per heavy atom. The van der Waals surface area contributed by atoms with Crippen LogP contribution in [-0.2, 0) is 19.3 Å². The van der Waals surface area contributed by atoms with Gasteiger partial charge in [0.25, 0.3) is 5.92 Å². The molecule has 0 heterocycles. The van der Waals surface area contributed by atoms with E-state index in [1.807, 2.05) is 19.1 Å². The molecule has 2 aromatic carbocycles. The van der Waals surface area contributed by atoms with Gasteiger partial charge in [-0.1, -0.05) is 63.1 Å². The fourth-order valence-corrected chi connectivity index (χ4v) is 4.72. The Bertz CT molecular complexity index is 826. The summed E-state index contributed by atoms with van der Waals surface area (Å²) in [5.41, 5.74) is 2.78. The minimum atomic E-state index is -2.87. The van der Waals surface area contributed by atoms with E-state index in [2.05, 4.69) is 19.1 Å². The minimum absolute atomic E-state index is 0.108. The van der Waals surface area contributed by atoms with Gasteiger partial charge in [-0.15, -0.1) is 0 Å². The normalized spacial score (nSPS) is 21.0.